The number of hydrogen-bond donors (Lipinski definition) is 1. The Morgan fingerprint density at radius 3 is 2.73 bits per heavy atom. The molecule has 2 aromatic heterocycles. The van der Waals surface area contributed by atoms with Crippen LogP contribution in [0.1, 0.15) is 22.8 Å². The van der Waals surface area contributed by atoms with Crippen molar-refractivity contribution in [3.05, 3.63) is 51.4 Å². The lowest BCUT2D eigenvalue weighted by Crippen LogP contribution is -2.16. The zero-order chi connectivity index (χ0) is 15.9. The SMILES string of the molecule is CCOC(=O)c1cc2c(ccc3c(C)cc(=O)oc32)oc1=N. The lowest BCUT2D eigenvalue weighted by Gasteiger charge is -2.06. The second-order valence-electron chi connectivity index (χ2n) is 4.81. The second kappa shape index (κ2) is 5.14. The third-order valence-corrected chi connectivity index (χ3v) is 3.36. The molecule has 0 atom stereocenters. The molecule has 3 rings (SSSR count). The first-order chi connectivity index (χ1) is 10.5. The molecule has 1 N–H and O–H groups in total. The Hall–Kier alpha value is -2.89. The zero-order valence-corrected chi connectivity index (χ0v) is 12.1. The molecular formula is C16H13NO5. The number of rotatable bonds is 2. The molecule has 6 nitrogen and oxygen atoms in total. The van der Waals surface area contributed by atoms with Gasteiger partial charge in [0.05, 0.1) is 12.0 Å². The van der Waals surface area contributed by atoms with Crippen molar-refractivity contribution < 1.29 is 18.4 Å². The third kappa shape index (κ3) is 2.18. The predicted octanol–water partition coefficient (Wildman–Crippen LogP) is 2.50. The molecule has 1 aromatic carbocycles. The first-order valence-corrected chi connectivity index (χ1v) is 6.74. The van der Waals surface area contributed by atoms with Gasteiger partial charge in [-0.3, -0.25) is 5.41 Å². The van der Waals surface area contributed by atoms with Crippen LogP contribution in [0.5, 0.6) is 0 Å². The highest BCUT2D eigenvalue weighted by Gasteiger charge is 2.15. The maximum absolute atomic E-state index is 11.9. The van der Waals surface area contributed by atoms with Gasteiger partial charge in [0.15, 0.2) is 0 Å². The van der Waals surface area contributed by atoms with E-state index < -0.39 is 11.6 Å². The van der Waals surface area contributed by atoms with E-state index in [2.05, 4.69) is 0 Å². The van der Waals surface area contributed by atoms with Gasteiger partial charge in [0.1, 0.15) is 16.7 Å². The van der Waals surface area contributed by atoms with Crippen LogP contribution in [0.3, 0.4) is 0 Å². The predicted molar refractivity (Wildman–Crippen MR) is 78.8 cm³/mol. The summed E-state index contributed by atoms with van der Waals surface area (Å²) >= 11 is 0. The van der Waals surface area contributed by atoms with E-state index in [4.69, 9.17) is 19.0 Å². The normalized spacial score (nSPS) is 11.0. The Morgan fingerprint density at radius 2 is 2.00 bits per heavy atom. The van der Waals surface area contributed by atoms with Gasteiger partial charge in [0, 0.05) is 11.5 Å². The van der Waals surface area contributed by atoms with Crippen LogP contribution in [0.25, 0.3) is 21.9 Å². The summed E-state index contributed by atoms with van der Waals surface area (Å²) in [5, 5.41) is 9.00. The average Bonchev–Trinajstić information content (AvgIpc) is 2.46. The zero-order valence-electron chi connectivity index (χ0n) is 12.1. The third-order valence-electron chi connectivity index (χ3n) is 3.36. The number of carbonyl (C=O) groups excluding carboxylic acids is 1. The number of benzene rings is 1. The van der Waals surface area contributed by atoms with Crippen LogP contribution in [0, 0.1) is 12.3 Å². The van der Waals surface area contributed by atoms with Crippen LogP contribution in [0.15, 0.2) is 37.9 Å². The fraction of sp³-hybridized carbons (Fsp3) is 0.188. The van der Waals surface area contributed by atoms with Crippen molar-refractivity contribution in [1.82, 2.24) is 0 Å². The molecule has 0 unspecified atom stereocenters. The van der Waals surface area contributed by atoms with E-state index in [0.717, 1.165) is 10.9 Å². The molecule has 0 amide bonds. The molecule has 0 fully saturated rings. The number of esters is 1. The largest absolute Gasteiger partial charge is 0.462 e. The van der Waals surface area contributed by atoms with Gasteiger partial charge in [-0.15, -0.1) is 0 Å². The molecule has 112 valence electrons. The molecule has 0 saturated heterocycles. The van der Waals surface area contributed by atoms with E-state index in [-0.39, 0.29) is 17.7 Å². The first-order valence-electron chi connectivity index (χ1n) is 6.74. The van der Waals surface area contributed by atoms with Crippen molar-refractivity contribution in [3.8, 4) is 0 Å². The molecule has 0 saturated carbocycles. The van der Waals surface area contributed by atoms with Crippen LogP contribution >= 0.6 is 0 Å². The molecule has 22 heavy (non-hydrogen) atoms. The van der Waals surface area contributed by atoms with Gasteiger partial charge < -0.3 is 13.6 Å². The second-order valence-corrected chi connectivity index (χ2v) is 4.81. The van der Waals surface area contributed by atoms with Crippen LogP contribution in [-0.4, -0.2) is 12.6 Å². The smallest absolute Gasteiger partial charge is 0.343 e. The van der Waals surface area contributed by atoms with Crippen molar-refractivity contribution >= 4 is 27.9 Å². The fourth-order valence-electron chi connectivity index (χ4n) is 2.35. The molecule has 0 spiro atoms. The lowest BCUT2D eigenvalue weighted by atomic mass is 10.1. The molecule has 6 heteroatoms. The molecule has 2 heterocycles. The summed E-state index contributed by atoms with van der Waals surface area (Å²) in [7, 11) is 0. The van der Waals surface area contributed by atoms with Gasteiger partial charge in [-0.1, -0.05) is 0 Å². The van der Waals surface area contributed by atoms with E-state index in [0.29, 0.717) is 16.6 Å². The maximum atomic E-state index is 11.9. The summed E-state index contributed by atoms with van der Waals surface area (Å²) in [6.07, 6.45) is 0. The minimum absolute atomic E-state index is 0.00833. The topological polar surface area (TPSA) is 93.5 Å². The Balaban J connectivity index is 2.42. The summed E-state index contributed by atoms with van der Waals surface area (Å²) in [5.41, 5.74) is 0.674. The van der Waals surface area contributed by atoms with E-state index in [9.17, 15) is 9.59 Å². The molecule has 0 aliphatic rings. The summed E-state index contributed by atoms with van der Waals surface area (Å²) < 4.78 is 15.5. The minimum atomic E-state index is -0.648. The molecular weight excluding hydrogens is 286 g/mol. The summed E-state index contributed by atoms with van der Waals surface area (Å²) in [6, 6.07) is 6.29. The number of fused-ring (bicyclic) bond motifs is 3. The monoisotopic (exact) mass is 299 g/mol. The number of ether oxygens (including phenoxy) is 1. The van der Waals surface area contributed by atoms with Crippen molar-refractivity contribution in [2.45, 2.75) is 13.8 Å². The van der Waals surface area contributed by atoms with E-state index >= 15 is 0 Å². The average molecular weight is 299 g/mol. The highest BCUT2D eigenvalue weighted by atomic mass is 16.5. The Bertz CT molecular complexity index is 1010. The van der Waals surface area contributed by atoms with Crippen LogP contribution in [0.4, 0.5) is 0 Å². The highest BCUT2D eigenvalue weighted by Crippen LogP contribution is 2.26. The number of aryl methyl sites for hydroxylation is 1. The van der Waals surface area contributed by atoms with Crippen LogP contribution in [0.2, 0.25) is 0 Å². The van der Waals surface area contributed by atoms with Gasteiger partial charge in [-0.2, -0.15) is 0 Å². The minimum Gasteiger partial charge on any atom is -0.462 e. The quantitative estimate of drug-likeness (QED) is 0.446. The molecule has 0 aliphatic carbocycles. The summed E-state index contributed by atoms with van der Waals surface area (Å²) in [6.45, 7) is 3.67. The maximum Gasteiger partial charge on any atom is 0.343 e. The van der Waals surface area contributed by atoms with Crippen molar-refractivity contribution in [2.75, 3.05) is 6.61 Å². The highest BCUT2D eigenvalue weighted by molar-refractivity contribution is 6.05. The fourth-order valence-corrected chi connectivity index (χ4v) is 2.35. The summed E-state index contributed by atoms with van der Waals surface area (Å²) in [5.74, 6) is -0.648. The standard InChI is InChI=1S/C16H13NO5/c1-3-20-16(19)11-7-10-12(21-15(11)17)5-4-9-8(2)6-13(18)22-14(9)10/h4-7,17H,3H2,1-2H3. The lowest BCUT2D eigenvalue weighted by molar-refractivity contribution is 0.0521. The van der Waals surface area contributed by atoms with Crippen LogP contribution < -0.4 is 11.2 Å². The van der Waals surface area contributed by atoms with Gasteiger partial charge in [-0.05, 0) is 37.6 Å². The van der Waals surface area contributed by atoms with Gasteiger partial charge in [0.2, 0.25) is 5.55 Å². The Labute approximate surface area is 124 Å². The van der Waals surface area contributed by atoms with Crippen molar-refractivity contribution in [2.24, 2.45) is 0 Å². The number of nitrogens with one attached hydrogen (secondary N) is 1. The molecule has 0 radical (unpaired) electrons. The van der Waals surface area contributed by atoms with Crippen LogP contribution in [-0.2, 0) is 4.74 Å². The molecule has 0 bridgehead atoms. The van der Waals surface area contributed by atoms with Crippen molar-refractivity contribution in [3.63, 3.8) is 0 Å². The summed E-state index contributed by atoms with van der Waals surface area (Å²) in [4.78, 5) is 23.5. The first kappa shape index (κ1) is 14.1. The van der Waals surface area contributed by atoms with E-state index in [1.54, 1.807) is 26.0 Å². The molecule has 0 aliphatic heterocycles. The van der Waals surface area contributed by atoms with Gasteiger partial charge in [0.25, 0.3) is 0 Å². The van der Waals surface area contributed by atoms with Gasteiger partial charge in [-0.25, -0.2) is 9.59 Å². The van der Waals surface area contributed by atoms with E-state index in [1.807, 2.05) is 0 Å². The molecule has 3 aromatic rings. The number of carbonyl (C=O) groups is 1. The Kier molecular flexibility index (Phi) is 3.29. The van der Waals surface area contributed by atoms with Crippen molar-refractivity contribution in [1.29, 1.82) is 5.41 Å². The Morgan fingerprint density at radius 1 is 1.23 bits per heavy atom. The van der Waals surface area contributed by atoms with Gasteiger partial charge >= 0.3 is 11.6 Å². The van der Waals surface area contributed by atoms with E-state index in [1.165, 1.54) is 12.1 Å². The number of hydrogen-bond acceptors (Lipinski definition) is 6.